The summed E-state index contributed by atoms with van der Waals surface area (Å²) in [5.41, 5.74) is 3.02. The number of carbonyl (C=O) groups excluding carboxylic acids is 3. The highest BCUT2D eigenvalue weighted by Gasteiger charge is 2.29. The van der Waals surface area contributed by atoms with Crippen LogP contribution in [-0.4, -0.2) is 57.1 Å². The predicted octanol–water partition coefficient (Wildman–Crippen LogP) is 3.41. The molecule has 3 aromatic rings. The minimum absolute atomic E-state index is 0.00886. The lowest BCUT2D eigenvalue weighted by Crippen LogP contribution is -2.40. The van der Waals surface area contributed by atoms with Gasteiger partial charge in [-0.15, -0.1) is 0 Å². The average Bonchev–Trinajstić information content (AvgIpc) is 3.23. The van der Waals surface area contributed by atoms with Crippen LogP contribution in [0.15, 0.2) is 30.5 Å². The van der Waals surface area contributed by atoms with E-state index < -0.39 is 5.97 Å². The van der Waals surface area contributed by atoms with Crippen molar-refractivity contribution in [1.29, 1.82) is 0 Å². The summed E-state index contributed by atoms with van der Waals surface area (Å²) >= 11 is 0. The summed E-state index contributed by atoms with van der Waals surface area (Å²) in [5.74, 6) is -0.320. The first-order chi connectivity index (χ1) is 16.3. The largest absolute Gasteiger partial charge is 0.462 e. The van der Waals surface area contributed by atoms with Gasteiger partial charge < -0.3 is 15.0 Å². The number of pyridine rings is 1. The van der Waals surface area contributed by atoms with Gasteiger partial charge in [0.05, 0.1) is 18.3 Å². The second-order valence-corrected chi connectivity index (χ2v) is 8.58. The smallest absolute Gasteiger partial charge is 0.343 e. The van der Waals surface area contributed by atoms with E-state index in [4.69, 9.17) is 9.72 Å². The number of hydrogen-bond donors (Lipinski definition) is 1. The van der Waals surface area contributed by atoms with E-state index in [-0.39, 0.29) is 35.7 Å². The summed E-state index contributed by atoms with van der Waals surface area (Å²) in [4.78, 5) is 43.9. The highest BCUT2D eigenvalue weighted by molar-refractivity contribution is 6.01. The van der Waals surface area contributed by atoms with Crippen molar-refractivity contribution < 1.29 is 19.1 Å². The molecule has 0 bridgehead atoms. The highest BCUT2D eigenvalue weighted by Crippen LogP contribution is 2.27. The van der Waals surface area contributed by atoms with Gasteiger partial charge in [-0.2, -0.15) is 9.78 Å². The summed E-state index contributed by atoms with van der Waals surface area (Å²) in [5, 5.41) is 8.33. The molecule has 2 amide bonds. The molecule has 1 fully saturated rings. The van der Waals surface area contributed by atoms with Gasteiger partial charge in [0.15, 0.2) is 11.6 Å². The van der Waals surface area contributed by atoms with Crippen LogP contribution in [0.3, 0.4) is 0 Å². The van der Waals surface area contributed by atoms with Gasteiger partial charge in [0.2, 0.25) is 11.8 Å². The van der Waals surface area contributed by atoms with Crippen LogP contribution in [0.25, 0.3) is 16.7 Å². The molecule has 0 atom stereocenters. The van der Waals surface area contributed by atoms with Crippen LogP contribution < -0.4 is 5.32 Å². The fourth-order valence-corrected chi connectivity index (χ4v) is 4.33. The Labute approximate surface area is 198 Å². The third kappa shape index (κ3) is 4.50. The lowest BCUT2D eigenvalue weighted by atomic mass is 9.96. The molecule has 1 aromatic carbocycles. The third-order valence-corrected chi connectivity index (χ3v) is 6.27. The van der Waals surface area contributed by atoms with E-state index in [0.29, 0.717) is 31.7 Å². The highest BCUT2D eigenvalue weighted by atomic mass is 16.5. The van der Waals surface area contributed by atoms with E-state index in [9.17, 15) is 14.4 Å². The first-order valence-corrected chi connectivity index (χ1v) is 11.5. The maximum Gasteiger partial charge on any atom is 0.343 e. The second kappa shape index (κ2) is 9.62. The van der Waals surface area contributed by atoms with Crippen LogP contribution in [-0.2, 0) is 14.3 Å². The number of benzene rings is 1. The van der Waals surface area contributed by atoms with Crippen molar-refractivity contribution >= 4 is 34.5 Å². The van der Waals surface area contributed by atoms with Crippen molar-refractivity contribution in [3.63, 3.8) is 0 Å². The van der Waals surface area contributed by atoms with Gasteiger partial charge in [0.1, 0.15) is 5.56 Å². The lowest BCUT2D eigenvalue weighted by Gasteiger charge is -2.30. The number of carbonyl (C=O) groups is 3. The number of piperidine rings is 1. The molecule has 0 unspecified atom stereocenters. The SMILES string of the molecule is CCOC(=O)c1cnn(-c2cc(C)c3cccc(C)c3n2)c1NC(=O)C1CCN(C(C)=O)CC1. The molecule has 1 N–H and O–H groups in total. The first-order valence-electron chi connectivity index (χ1n) is 11.5. The van der Waals surface area contributed by atoms with Crippen molar-refractivity contribution in [3.8, 4) is 5.82 Å². The van der Waals surface area contributed by atoms with Crippen LogP contribution >= 0.6 is 0 Å². The molecular weight excluding hydrogens is 434 g/mol. The third-order valence-electron chi connectivity index (χ3n) is 6.27. The number of fused-ring (bicyclic) bond motifs is 1. The molecule has 9 heteroatoms. The number of nitrogens with one attached hydrogen (secondary N) is 1. The molecule has 2 aromatic heterocycles. The number of likely N-dealkylation sites (tertiary alicyclic amines) is 1. The van der Waals surface area contributed by atoms with E-state index in [1.807, 2.05) is 38.1 Å². The number of nitrogens with zero attached hydrogens (tertiary/aromatic N) is 4. The fraction of sp³-hybridized carbons (Fsp3) is 0.400. The van der Waals surface area contributed by atoms with E-state index in [1.54, 1.807) is 11.8 Å². The maximum atomic E-state index is 13.2. The Morgan fingerprint density at radius 2 is 1.88 bits per heavy atom. The standard InChI is InChI=1S/C25H29N5O4/c1-5-34-25(33)20-14-26-30(21-13-16(3)19-8-6-7-15(2)22(19)27-21)23(20)28-24(32)18-9-11-29(12-10-18)17(4)31/h6-8,13-14,18H,5,9-12H2,1-4H3,(H,28,32). The normalized spacial score (nSPS) is 14.3. The Morgan fingerprint density at radius 1 is 1.15 bits per heavy atom. The number of rotatable bonds is 5. The summed E-state index contributed by atoms with van der Waals surface area (Å²) in [6.07, 6.45) is 2.51. The van der Waals surface area contributed by atoms with Crippen LogP contribution in [0, 0.1) is 19.8 Å². The summed E-state index contributed by atoms with van der Waals surface area (Å²) in [6.45, 7) is 8.49. The molecule has 3 heterocycles. The molecular formula is C25H29N5O4. The molecule has 0 spiro atoms. The molecule has 0 radical (unpaired) electrons. The number of esters is 1. The zero-order chi connectivity index (χ0) is 24.4. The maximum absolute atomic E-state index is 13.2. The van der Waals surface area contributed by atoms with Gasteiger partial charge in [-0.1, -0.05) is 18.2 Å². The zero-order valence-electron chi connectivity index (χ0n) is 19.9. The van der Waals surface area contributed by atoms with Crippen molar-refractivity contribution in [1.82, 2.24) is 19.7 Å². The average molecular weight is 464 g/mol. The lowest BCUT2D eigenvalue weighted by molar-refractivity contribution is -0.132. The molecule has 178 valence electrons. The van der Waals surface area contributed by atoms with E-state index in [1.165, 1.54) is 17.8 Å². The Balaban J connectivity index is 1.70. The number of anilines is 1. The van der Waals surface area contributed by atoms with Gasteiger partial charge in [0.25, 0.3) is 0 Å². The monoisotopic (exact) mass is 463 g/mol. The van der Waals surface area contributed by atoms with Crippen LogP contribution in [0.4, 0.5) is 5.82 Å². The topological polar surface area (TPSA) is 106 Å². The number of para-hydroxylation sites is 1. The van der Waals surface area contributed by atoms with Crippen LogP contribution in [0.1, 0.15) is 48.2 Å². The minimum atomic E-state index is -0.566. The molecule has 1 aliphatic rings. The molecule has 34 heavy (non-hydrogen) atoms. The van der Waals surface area contributed by atoms with E-state index in [0.717, 1.165) is 22.0 Å². The van der Waals surface area contributed by atoms with Crippen molar-refractivity contribution in [3.05, 3.63) is 47.2 Å². The number of aryl methyl sites for hydroxylation is 2. The van der Waals surface area contributed by atoms with Crippen molar-refractivity contribution in [2.45, 2.75) is 40.5 Å². The second-order valence-electron chi connectivity index (χ2n) is 8.58. The molecule has 9 nitrogen and oxygen atoms in total. The molecule has 0 saturated carbocycles. The van der Waals surface area contributed by atoms with E-state index >= 15 is 0 Å². The number of ether oxygens (including phenoxy) is 1. The van der Waals surface area contributed by atoms with Gasteiger partial charge in [-0.25, -0.2) is 9.78 Å². The molecule has 4 rings (SSSR count). The van der Waals surface area contributed by atoms with Gasteiger partial charge in [-0.3, -0.25) is 9.59 Å². The number of amides is 2. The predicted molar refractivity (Wildman–Crippen MR) is 128 cm³/mol. The molecule has 1 aliphatic heterocycles. The summed E-state index contributed by atoms with van der Waals surface area (Å²) in [7, 11) is 0. The van der Waals surface area contributed by atoms with Crippen molar-refractivity contribution in [2.24, 2.45) is 5.92 Å². The first kappa shape index (κ1) is 23.4. The number of aromatic nitrogens is 3. The number of hydrogen-bond acceptors (Lipinski definition) is 6. The minimum Gasteiger partial charge on any atom is -0.462 e. The van der Waals surface area contributed by atoms with Crippen molar-refractivity contribution in [2.75, 3.05) is 25.0 Å². The van der Waals surface area contributed by atoms with Gasteiger partial charge in [0, 0.05) is 31.3 Å². The quantitative estimate of drug-likeness (QED) is 0.581. The van der Waals surface area contributed by atoms with E-state index in [2.05, 4.69) is 10.4 Å². The Hall–Kier alpha value is -3.75. The Morgan fingerprint density at radius 3 is 2.56 bits per heavy atom. The molecule has 1 saturated heterocycles. The summed E-state index contributed by atoms with van der Waals surface area (Å²) in [6, 6.07) is 7.87. The van der Waals surface area contributed by atoms with Gasteiger partial charge in [-0.05, 0) is 50.8 Å². The Bertz CT molecular complexity index is 1260. The fourth-order valence-electron chi connectivity index (χ4n) is 4.33. The molecule has 0 aliphatic carbocycles. The Kier molecular flexibility index (Phi) is 6.63. The van der Waals surface area contributed by atoms with Crippen LogP contribution in [0.2, 0.25) is 0 Å². The zero-order valence-corrected chi connectivity index (χ0v) is 19.9. The van der Waals surface area contributed by atoms with Crippen LogP contribution in [0.5, 0.6) is 0 Å². The summed E-state index contributed by atoms with van der Waals surface area (Å²) < 4.78 is 6.67. The van der Waals surface area contributed by atoms with Gasteiger partial charge >= 0.3 is 5.97 Å².